The van der Waals surface area contributed by atoms with Gasteiger partial charge in [0.25, 0.3) is 5.91 Å². The zero-order valence-corrected chi connectivity index (χ0v) is 19.0. The smallest absolute Gasteiger partial charge is 0.274 e. The number of hydrogen-bond donors (Lipinski definition) is 1. The first-order chi connectivity index (χ1) is 14.8. The molecule has 0 aliphatic heterocycles. The van der Waals surface area contributed by atoms with E-state index in [0.29, 0.717) is 23.0 Å². The number of nitrogens with zero attached hydrogens (tertiary/aromatic N) is 3. The Kier molecular flexibility index (Phi) is 6.27. The third kappa shape index (κ3) is 5.42. The number of amides is 1. The molecule has 2 saturated carbocycles. The highest BCUT2D eigenvalue weighted by Crippen LogP contribution is 2.34. The van der Waals surface area contributed by atoms with Crippen molar-refractivity contribution in [3.63, 3.8) is 0 Å². The van der Waals surface area contributed by atoms with Crippen molar-refractivity contribution in [1.29, 1.82) is 0 Å². The lowest BCUT2D eigenvalue weighted by atomic mass is 9.94. The average Bonchev–Trinajstić information content (AvgIpc) is 3.58. The highest BCUT2D eigenvalue weighted by Gasteiger charge is 2.30. The van der Waals surface area contributed by atoms with Crippen LogP contribution in [0.4, 0.5) is 11.5 Å². The lowest BCUT2D eigenvalue weighted by molar-refractivity contribution is 0.102. The van der Waals surface area contributed by atoms with Crippen LogP contribution >= 0.6 is 0 Å². The number of carbonyl (C=O) groups excluding carboxylic acids is 1. The fraction of sp³-hybridized carbons (Fsp3) is 0.522. The number of nitrogens with one attached hydrogen (secondary N) is 1. The Hall–Kier alpha value is -2.48. The van der Waals surface area contributed by atoms with Gasteiger partial charge in [0.15, 0.2) is 9.84 Å². The van der Waals surface area contributed by atoms with Gasteiger partial charge in [-0.15, -0.1) is 0 Å². The second-order valence-electron chi connectivity index (χ2n) is 8.85. The molecule has 0 spiro atoms. The van der Waals surface area contributed by atoms with Gasteiger partial charge in [-0.2, -0.15) is 0 Å². The number of carbonyl (C=O) groups is 1. The predicted octanol–water partition coefficient (Wildman–Crippen LogP) is 3.99. The molecule has 2 aliphatic rings. The lowest BCUT2D eigenvalue weighted by Crippen LogP contribution is -2.39. The van der Waals surface area contributed by atoms with Gasteiger partial charge in [0, 0.05) is 30.6 Å². The van der Waals surface area contributed by atoms with Gasteiger partial charge in [0.05, 0.1) is 4.90 Å². The number of aromatic nitrogens is 2. The van der Waals surface area contributed by atoms with E-state index in [4.69, 9.17) is 0 Å². The minimum Gasteiger partial charge on any atom is -0.353 e. The second-order valence-corrected chi connectivity index (χ2v) is 10.9. The van der Waals surface area contributed by atoms with Crippen molar-refractivity contribution in [1.82, 2.24) is 9.97 Å². The number of hydrogen-bond acceptors (Lipinski definition) is 6. The largest absolute Gasteiger partial charge is 0.353 e. The Balaban J connectivity index is 1.53. The van der Waals surface area contributed by atoms with E-state index in [-0.39, 0.29) is 10.8 Å². The standard InChI is InChI=1S/C23H30N4O3S/c1-16-12-19(31(2,29)30)10-11-20(16)26-23(28)21-13-22(25-15-24-21)27(14-17-8-9-17)18-6-4-3-5-7-18/h10-13,15,17-18H,3-9,14H2,1-2H3,(H,26,28). The molecule has 0 saturated heterocycles. The van der Waals surface area contributed by atoms with Crippen molar-refractivity contribution >= 4 is 27.2 Å². The van der Waals surface area contributed by atoms with Gasteiger partial charge in [-0.25, -0.2) is 18.4 Å². The fourth-order valence-electron chi connectivity index (χ4n) is 4.22. The Morgan fingerprint density at radius 1 is 1.10 bits per heavy atom. The molecule has 8 heteroatoms. The highest BCUT2D eigenvalue weighted by molar-refractivity contribution is 7.90. The zero-order chi connectivity index (χ0) is 22.0. The maximum absolute atomic E-state index is 12.9. The predicted molar refractivity (Wildman–Crippen MR) is 121 cm³/mol. The number of benzene rings is 1. The van der Waals surface area contributed by atoms with E-state index in [9.17, 15) is 13.2 Å². The van der Waals surface area contributed by atoms with Crippen LogP contribution in [0.3, 0.4) is 0 Å². The molecule has 7 nitrogen and oxygen atoms in total. The summed E-state index contributed by atoms with van der Waals surface area (Å²) in [6.45, 7) is 2.77. The minimum atomic E-state index is -3.29. The zero-order valence-electron chi connectivity index (χ0n) is 18.2. The molecule has 1 N–H and O–H groups in total. The van der Waals surface area contributed by atoms with Crippen molar-refractivity contribution in [2.75, 3.05) is 23.0 Å². The van der Waals surface area contributed by atoms with E-state index >= 15 is 0 Å². The minimum absolute atomic E-state index is 0.232. The average molecular weight is 443 g/mol. The van der Waals surface area contributed by atoms with Crippen LogP contribution in [-0.2, 0) is 9.84 Å². The molecule has 166 valence electrons. The number of rotatable bonds is 7. The Bertz CT molecular complexity index is 1060. The van der Waals surface area contributed by atoms with Gasteiger partial charge in [0.1, 0.15) is 17.8 Å². The van der Waals surface area contributed by atoms with E-state index in [1.807, 2.05) is 0 Å². The SMILES string of the molecule is Cc1cc(S(C)(=O)=O)ccc1NC(=O)c1cc(N(CC2CC2)C2CCCCC2)ncn1. The summed E-state index contributed by atoms with van der Waals surface area (Å²) in [5, 5.41) is 2.86. The van der Waals surface area contributed by atoms with E-state index in [0.717, 1.165) is 18.3 Å². The topological polar surface area (TPSA) is 92.3 Å². The molecule has 1 amide bonds. The summed E-state index contributed by atoms with van der Waals surface area (Å²) in [7, 11) is -3.29. The van der Waals surface area contributed by atoms with Crippen LogP contribution in [0.15, 0.2) is 35.5 Å². The van der Waals surface area contributed by atoms with Crippen molar-refractivity contribution in [2.45, 2.75) is 62.8 Å². The van der Waals surface area contributed by atoms with Crippen LogP contribution in [-0.4, -0.2) is 43.1 Å². The summed E-state index contributed by atoms with van der Waals surface area (Å²) in [5.41, 5.74) is 1.57. The third-order valence-corrected chi connectivity index (χ3v) is 7.33. The molecule has 2 aromatic rings. The van der Waals surface area contributed by atoms with Crippen molar-refractivity contribution in [3.8, 4) is 0 Å². The molecule has 1 aromatic carbocycles. The summed E-state index contributed by atoms with van der Waals surface area (Å²) in [6.07, 6.45) is 11.3. The Morgan fingerprint density at radius 3 is 2.48 bits per heavy atom. The quantitative estimate of drug-likeness (QED) is 0.697. The van der Waals surface area contributed by atoms with Crippen molar-refractivity contribution in [2.24, 2.45) is 5.92 Å². The van der Waals surface area contributed by atoms with Gasteiger partial charge in [0.2, 0.25) is 0 Å². The van der Waals surface area contributed by atoms with Gasteiger partial charge in [-0.3, -0.25) is 4.79 Å². The van der Waals surface area contributed by atoms with Crippen molar-refractivity contribution in [3.05, 3.63) is 41.9 Å². The molecular weight excluding hydrogens is 412 g/mol. The first-order valence-electron chi connectivity index (χ1n) is 11.0. The maximum atomic E-state index is 12.9. The molecule has 0 bridgehead atoms. The molecular formula is C23H30N4O3S. The fourth-order valence-corrected chi connectivity index (χ4v) is 4.93. The molecule has 1 aromatic heterocycles. The first kappa shape index (κ1) is 21.7. The number of sulfone groups is 1. The molecule has 4 rings (SSSR count). The van der Waals surface area contributed by atoms with Crippen LogP contribution in [0.25, 0.3) is 0 Å². The maximum Gasteiger partial charge on any atom is 0.274 e. The van der Waals surface area contributed by atoms with Gasteiger partial charge >= 0.3 is 0 Å². The van der Waals surface area contributed by atoms with E-state index < -0.39 is 9.84 Å². The molecule has 0 atom stereocenters. The monoisotopic (exact) mass is 442 g/mol. The van der Waals surface area contributed by atoms with Crippen LogP contribution in [0, 0.1) is 12.8 Å². The van der Waals surface area contributed by atoms with E-state index in [1.165, 1.54) is 63.6 Å². The summed E-state index contributed by atoms with van der Waals surface area (Å²) in [5.74, 6) is 1.22. The summed E-state index contributed by atoms with van der Waals surface area (Å²) >= 11 is 0. The van der Waals surface area contributed by atoms with Crippen LogP contribution < -0.4 is 10.2 Å². The van der Waals surface area contributed by atoms with E-state index in [1.54, 1.807) is 25.1 Å². The molecule has 1 heterocycles. The Morgan fingerprint density at radius 2 is 1.84 bits per heavy atom. The normalized spacial score (nSPS) is 17.4. The highest BCUT2D eigenvalue weighted by atomic mass is 32.2. The molecule has 31 heavy (non-hydrogen) atoms. The number of anilines is 2. The van der Waals surface area contributed by atoms with Gasteiger partial charge < -0.3 is 10.2 Å². The molecule has 2 fully saturated rings. The molecule has 0 unspecified atom stereocenters. The summed E-state index contributed by atoms with van der Waals surface area (Å²) in [6, 6.07) is 6.95. The van der Waals surface area contributed by atoms with Crippen LogP contribution in [0.5, 0.6) is 0 Å². The summed E-state index contributed by atoms with van der Waals surface area (Å²) < 4.78 is 23.5. The van der Waals surface area contributed by atoms with Gasteiger partial charge in [-0.1, -0.05) is 19.3 Å². The molecule has 2 aliphatic carbocycles. The molecule has 0 radical (unpaired) electrons. The second kappa shape index (κ2) is 8.94. The lowest BCUT2D eigenvalue weighted by Gasteiger charge is -2.35. The summed E-state index contributed by atoms with van der Waals surface area (Å²) in [4.78, 5) is 24.2. The van der Waals surface area contributed by atoms with E-state index in [2.05, 4.69) is 20.2 Å². The Labute approximate surface area is 184 Å². The van der Waals surface area contributed by atoms with Crippen LogP contribution in [0.2, 0.25) is 0 Å². The number of aryl methyl sites for hydroxylation is 1. The first-order valence-corrected chi connectivity index (χ1v) is 12.9. The van der Waals surface area contributed by atoms with Crippen LogP contribution in [0.1, 0.15) is 61.0 Å². The van der Waals surface area contributed by atoms with Gasteiger partial charge in [-0.05, 0) is 62.3 Å². The van der Waals surface area contributed by atoms with Crippen molar-refractivity contribution < 1.29 is 13.2 Å². The third-order valence-electron chi connectivity index (χ3n) is 6.22.